The van der Waals surface area contributed by atoms with Crippen molar-refractivity contribution < 1.29 is 9.59 Å². The molecular weight excluding hydrogens is 463 g/mol. The molecule has 0 aliphatic rings. The van der Waals surface area contributed by atoms with Crippen LogP contribution >= 0.6 is 46.6 Å². The van der Waals surface area contributed by atoms with E-state index in [1.807, 2.05) is 12.1 Å². The van der Waals surface area contributed by atoms with Gasteiger partial charge in [-0.25, -0.2) is 0 Å². The maximum absolute atomic E-state index is 13.1. The Morgan fingerprint density at radius 2 is 1.70 bits per heavy atom. The maximum Gasteiger partial charge on any atom is 0.242 e. The van der Waals surface area contributed by atoms with Crippen molar-refractivity contribution in [3.05, 3.63) is 63.1 Å². The highest BCUT2D eigenvalue weighted by atomic mass is 35.5. The molecule has 0 aromatic heterocycles. The van der Waals surface area contributed by atoms with E-state index >= 15 is 0 Å². The normalized spacial score (nSPS) is 11.8. The number of nitrogens with one attached hydrogen (secondary N) is 1. The first-order valence-electron chi connectivity index (χ1n) is 9.72. The van der Waals surface area contributed by atoms with E-state index in [1.165, 1.54) is 16.7 Å². The third-order valence-electron chi connectivity index (χ3n) is 4.56. The van der Waals surface area contributed by atoms with Gasteiger partial charge in [0, 0.05) is 38.6 Å². The average molecular weight is 488 g/mol. The fourth-order valence-corrected chi connectivity index (χ4v) is 4.16. The summed E-state index contributed by atoms with van der Waals surface area (Å²) in [6.07, 6.45) is 1.86. The van der Waals surface area contributed by atoms with Crippen molar-refractivity contribution in [3.63, 3.8) is 0 Å². The molecule has 0 heterocycles. The van der Waals surface area contributed by atoms with Gasteiger partial charge in [-0.05, 0) is 49.7 Å². The lowest BCUT2D eigenvalue weighted by Gasteiger charge is -2.29. The second kappa shape index (κ2) is 12.5. The van der Waals surface area contributed by atoms with Crippen molar-refractivity contribution in [1.29, 1.82) is 0 Å². The SMILES string of the molecule is CCCCNC(=O)[C@H](C)N(Cc1c(Cl)cccc1Cl)C(=O)CSc1ccc(Cl)cc1. The topological polar surface area (TPSA) is 49.4 Å². The first kappa shape index (κ1) is 24.9. The molecule has 162 valence electrons. The molecule has 0 bridgehead atoms. The lowest BCUT2D eigenvalue weighted by molar-refractivity contribution is -0.138. The predicted molar refractivity (Wildman–Crippen MR) is 127 cm³/mol. The summed E-state index contributed by atoms with van der Waals surface area (Å²) in [6.45, 7) is 4.50. The number of halogens is 3. The molecule has 2 rings (SSSR count). The fraction of sp³-hybridized carbons (Fsp3) is 0.364. The van der Waals surface area contributed by atoms with Gasteiger partial charge in [-0.2, -0.15) is 0 Å². The van der Waals surface area contributed by atoms with E-state index in [2.05, 4.69) is 12.2 Å². The van der Waals surface area contributed by atoms with E-state index in [9.17, 15) is 9.59 Å². The Bertz CT molecular complexity index is 842. The zero-order valence-electron chi connectivity index (χ0n) is 17.0. The van der Waals surface area contributed by atoms with Crippen LogP contribution in [0.1, 0.15) is 32.3 Å². The average Bonchev–Trinajstić information content (AvgIpc) is 2.72. The first-order chi connectivity index (χ1) is 14.3. The Hall–Kier alpha value is -1.40. The molecule has 30 heavy (non-hydrogen) atoms. The number of rotatable bonds is 10. The standard InChI is InChI=1S/C22H25Cl3N2O2S/c1-3-4-12-26-22(29)15(2)27(13-18-19(24)6-5-7-20(18)25)21(28)14-30-17-10-8-16(23)9-11-17/h5-11,15H,3-4,12-14H2,1-2H3,(H,26,29)/t15-/m0/s1. The van der Waals surface area contributed by atoms with Crippen LogP contribution in [0, 0.1) is 0 Å². The summed E-state index contributed by atoms with van der Waals surface area (Å²) in [5.74, 6) is -0.198. The van der Waals surface area contributed by atoms with Gasteiger partial charge in [0.1, 0.15) is 6.04 Å². The molecule has 0 saturated heterocycles. The molecule has 0 unspecified atom stereocenters. The van der Waals surface area contributed by atoms with Crippen LogP contribution in [0.4, 0.5) is 0 Å². The largest absolute Gasteiger partial charge is 0.354 e. The van der Waals surface area contributed by atoms with Crippen molar-refractivity contribution in [1.82, 2.24) is 10.2 Å². The molecular formula is C22H25Cl3N2O2S. The second-order valence-electron chi connectivity index (χ2n) is 6.79. The van der Waals surface area contributed by atoms with Crippen molar-refractivity contribution >= 4 is 58.4 Å². The number of carbonyl (C=O) groups is 2. The number of thioether (sulfide) groups is 1. The highest BCUT2D eigenvalue weighted by Crippen LogP contribution is 2.27. The van der Waals surface area contributed by atoms with E-state index in [4.69, 9.17) is 34.8 Å². The van der Waals surface area contributed by atoms with Gasteiger partial charge >= 0.3 is 0 Å². The molecule has 4 nitrogen and oxygen atoms in total. The van der Waals surface area contributed by atoms with Gasteiger partial charge in [0.15, 0.2) is 0 Å². The van der Waals surface area contributed by atoms with Gasteiger partial charge in [-0.15, -0.1) is 11.8 Å². The first-order valence-corrected chi connectivity index (χ1v) is 11.8. The number of nitrogens with zero attached hydrogens (tertiary/aromatic N) is 1. The summed E-state index contributed by atoms with van der Waals surface area (Å²) < 4.78 is 0. The molecule has 2 amide bonds. The summed E-state index contributed by atoms with van der Waals surface area (Å²) >= 11 is 19.9. The van der Waals surface area contributed by atoms with Crippen LogP contribution in [-0.4, -0.2) is 35.1 Å². The molecule has 2 aromatic rings. The molecule has 0 aliphatic carbocycles. The Balaban J connectivity index is 2.17. The minimum atomic E-state index is -0.660. The van der Waals surface area contributed by atoms with Gasteiger partial charge in [-0.3, -0.25) is 9.59 Å². The van der Waals surface area contributed by atoms with Crippen LogP contribution < -0.4 is 5.32 Å². The van der Waals surface area contributed by atoms with Crippen molar-refractivity contribution in [2.75, 3.05) is 12.3 Å². The van der Waals surface area contributed by atoms with Gasteiger partial charge < -0.3 is 10.2 Å². The van der Waals surface area contributed by atoms with Crippen molar-refractivity contribution in [2.24, 2.45) is 0 Å². The molecule has 0 radical (unpaired) electrons. The summed E-state index contributed by atoms with van der Waals surface area (Å²) in [6, 6.07) is 11.8. The smallest absolute Gasteiger partial charge is 0.242 e. The lowest BCUT2D eigenvalue weighted by Crippen LogP contribution is -2.48. The number of unbranched alkanes of at least 4 members (excludes halogenated alkanes) is 1. The lowest BCUT2D eigenvalue weighted by atomic mass is 10.1. The summed E-state index contributed by atoms with van der Waals surface area (Å²) in [4.78, 5) is 28.2. The van der Waals surface area contributed by atoms with E-state index in [-0.39, 0.29) is 24.1 Å². The van der Waals surface area contributed by atoms with E-state index in [0.29, 0.717) is 27.2 Å². The number of amides is 2. The third-order valence-corrected chi connectivity index (χ3v) is 6.52. The third kappa shape index (κ3) is 7.38. The minimum absolute atomic E-state index is 0.154. The van der Waals surface area contributed by atoms with Crippen LogP contribution in [0.5, 0.6) is 0 Å². The molecule has 0 spiro atoms. The van der Waals surface area contributed by atoms with E-state index in [0.717, 1.165) is 17.7 Å². The number of benzene rings is 2. The molecule has 0 saturated carbocycles. The molecule has 0 fully saturated rings. The minimum Gasteiger partial charge on any atom is -0.354 e. The van der Waals surface area contributed by atoms with E-state index < -0.39 is 6.04 Å². The van der Waals surface area contributed by atoms with E-state index in [1.54, 1.807) is 37.3 Å². The Morgan fingerprint density at radius 1 is 1.07 bits per heavy atom. The maximum atomic E-state index is 13.1. The number of hydrogen-bond acceptors (Lipinski definition) is 3. The fourth-order valence-electron chi connectivity index (χ4n) is 2.73. The van der Waals surface area contributed by atoms with Crippen LogP contribution in [-0.2, 0) is 16.1 Å². The van der Waals surface area contributed by atoms with Crippen LogP contribution in [0.15, 0.2) is 47.4 Å². The second-order valence-corrected chi connectivity index (χ2v) is 9.08. The van der Waals surface area contributed by atoms with Crippen LogP contribution in [0.25, 0.3) is 0 Å². The number of hydrogen-bond donors (Lipinski definition) is 1. The molecule has 0 aliphatic heterocycles. The zero-order valence-corrected chi connectivity index (χ0v) is 20.0. The summed E-state index contributed by atoms with van der Waals surface area (Å²) in [5.41, 5.74) is 0.624. The van der Waals surface area contributed by atoms with Crippen molar-refractivity contribution in [3.8, 4) is 0 Å². The van der Waals surface area contributed by atoms with Gasteiger partial charge in [0.25, 0.3) is 0 Å². The molecule has 1 N–H and O–H groups in total. The Labute approximate surface area is 197 Å². The summed E-state index contributed by atoms with van der Waals surface area (Å²) in [7, 11) is 0. The highest BCUT2D eigenvalue weighted by Gasteiger charge is 2.27. The van der Waals surface area contributed by atoms with Crippen LogP contribution in [0.3, 0.4) is 0 Å². The highest BCUT2D eigenvalue weighted by molar-refractivity contribution is 8.00. The molecule has 8 heteroatoms. The molecule has 2 aromatic carbocycles. The molecule has 1 atom stereocenters. The summed E-state index contributed by atoms with van der Waals surface area (Å²) in [5, 5.41) is 4.46. The van der Waals surface area contributed by atoms with Gasteiger partial charge in [0.2, 0.25) is 11.8 Å². The monoisotopic (exact) mass is 486 g/mol. The van der Waals surface area contributed by atoms with Crippen molar-refractivity contribution in [2.45, 2.75) is 44.2 Å². The Kier molecular flexibility index (Phi) is 10.3. The Morgan fingerprint density at radius 3 is 2.30 bits per heavy atom. The van der Waals surface area contributed by atoms with Gasteiger partial charge in [-0.1, -0.05) is 54.2 Å². The van der Waals surface area contributed by atoms with Crippen LogP contribution in [0.2, 0.25) is 15.1 Å². The number of carbonyl (C=O) groups excluding carboxylic acids is 2. The quantitative estimate of drug-likeness (QED) is 0.327. The zero-order chi connectivity index (χ0) is 22.1. The van der Waals surface area contributed by atoms with Gasteiger partial charge in [0.05, 0.1) is 5.75 Å². The predicted octanol–water partition coefficient (Wildman–Crippen LogP) is 6.07.